The van der Waals surface area contributed by atoms with E-state index in [1.54, 1.807) is 0 Å². The van der Waals surface area contributed by atoms with Gasteiger partial charge in [-0.1, -0.05) is 0 Å². The van der Waals surface area contributed by atoms with Crippen molar-refractivity contribution in [2.24, 2.45) is 0 Å². The first kappa shape index (κ1) is 13.8. The lowest BCUT2D eigenvalue weighted by atomic mass is 9.79. The third-order valence-electron chi connectivity index (χ3n) is 3.43. The monoisotopic (exact) mass is 239 g/mol. The summed E-state index contributed by atoms with van der Waals surface area (Å²) in [6.45, 7) is 0. The Labute approximate surface area is 94.2 Å². The van der Waals surface area contributed by atoms with Gasteiger partial charge in [-0.15, -0.1) is 0 Å². The first-order valence-electron chi connectivity index (χ1n) is 5.81. The van der Waals surface area contributed by atoms with Crippen molar-refractivity contribution in [2.45, 2.75) is 62.8 Å². The fourth-order valence-corrected chi connectivity index (χ4v) is 2.31. The van der Waals surface area contributed by atoms with Crippen molar-refractivity contribution in [3.8, 4) is 0 Å². The zero-order valence-corrected chi connectivity index (χ0v) is 9.61. The largest absolute Gasteiger partial charge is 0.390 e. The van der Waals surface area contributed by atoms with Gasteiger partial charge in [0.05, 0.1) is 5.60 Å². The summed E-state index contributed by atoms with van der Waals surface area (Å²) in [5, 5.41) is 13.2. The molecule has 1 saturated carbocycles. The van der Waals surface area contributed by atoms with Crippen molar-refractivity contribution in [3.63, 3.8) is 0 Å². The molecule has 1 fully saturated rings. The molecule has 16 heavy (non-hydrogen) atoms. The average Bonchev–Trinajstić information content (AvgIpc) is 2.17. The molecular formula is C11H20F3NO. The second-order valence-electron chi connectivity index (χ2n) is 4.76. The highest BCUT2D eigenvalue weighted by Crippen LogP contribution is 2.34. The lowest BCUT2D eigenvalue weighted by Crippen LogP contribution is -2.40. The topological polar surface area (TPSA) is 32.3 Å². The number of hydrogen-bond donors (Lipinski definition) is 2. The van der Waals surface area contributed by atoms with Gasteiger partial charge in [0.1, 0.15) is 0 Å². The Morgan fingerprint density at radius 2 is 1.88 bits per heavy atom. The lowest BCUT2D eigenvalue weighted by Gasteiger charge is -2.36. The SMILES string of the molecule is CNC1CCC(O)(CCCC(F)(F)F)CC1. The number of alkyl halides is 3. The molecule has 0 heterocycles. The Balaban J connectivity index is 2.26. The summed E-state index contributed by atoms with van der Waals surface area (Å²) in [4.78, 5) is 0. The van der Waals surface area contributed by atoms with Gasteiger partial charge in [-0.2, -0.15) is 13.2 Å². The molecule has 0 aliphatic heterocycles. The molecular weight excluding hydrogens is 219 g/mol. The van der Waals surface area contributed by atoms with Crippen molar-refractivity contribution in [2.75, 3.05) is 7.05 Å². The van der Waals surface area contributed by atoms with E-state index >= 15 is 0 Å². The minimum absolute atomic E-state index is 0.0320. The molecule has 0 aromatic heterocycles. The Bertz CT molecular complexity index is 210. The molecule has 0 unspecified atom stereocenters. The van der Waals surface area contributed by atoms with E-state index in [9.17, 15) is 18.3 Å². The molecule has 0 aromatic carbocycles. The normalized spacial score (nSPS) is 31.7. The van der Waals surface area contributed by atoms with Crippen LogP contribution in [0.15, 0.2) is 0 Å². The summed E-state index contributed by atoms with van der Waals surface area (Å²) in [5.74, 6) is 0. The standard InChI is InChI=1S/C11H20F3NO/c1-15-9-3-7-10(16,8-4-9)5-2-6-11(12,13)14/h9,15-16H,2-8H2,1H3. The molecule has 0 atom stereocenters. The summed E-state index contributed by atoms with van der Waals surface area (Å²) in [6.07, 6.45) is -1.68. The van der Waals surface area contributed by atoms with Crippen LogP contribution in [-0.4, -0.2) is 30.0 Å². The highest BCUT2D eigenvalue weighted by atomic mass is 19.4. The van der Waals surface area contributed by atoms with Gasteiger partial charge >= 0.3 is 6.18 Å². The number of halogens is 3. The minimum Gasteiger partial charge on any atom is -0.390 e. The Hall–Kier alpha value is -0.290. The van der Waals surface area contributed by atoms with Crippen LogP contribution in [0.25, 0.3) is 0 Å². The molecule has 5 heteroatoms. The maximum atomic E-state index is 12.0. The number of nitrogens with one attached hydrogen (secondary N) is 1. The van der Waals surface area contributed by atoms with E-state index in [1.807, 2.05) is 7.05 Å². The smallest absolute Gasteiger partial charge is 0.389 e. The van der Waals surface area contributed by atoms with E-state index in [2.05, 4.69) is 5.32 Å². The summed E-state index contributed by atoms with van der Waals surface area (Å²) < 4.78 is 35.9. The first-order valence-corrected chi connectivity index (χ1v) is 5.81. The summed E-state index contributed by atoms with van der Waals surface area (Å²) >= 11 is 0. The third-order valence-corrected chi connectivity index (χ3v) is 3.43. The van der Waals surface area contributed by atoms with E-state index < -0.39 is 18.2 Å². The fraction of sp³-hybridized carbons (Fsp3) is 1.00. The van der Waals surface area contributed by atoms with Gasteiger partial charge in [-0.25, -0.2) is 0 Å². The van der Waals surface area contributed by atoms with Crippen molar-refractivity contribution in [1.29, 1.82) is 0 Å². The van der Waals surface area contributed by atoms with E-state index in [0.29, 0.717) is 18.9 Å². The molecule has 1 rings (SSSR count). The Morgan fingerprint density at radius 3 is 2.31 bits per heavy atom. The summed E-state index contributed by atoms with van der Waals surface area (Å²) in [5.41, 5.74) is -0.862. The highest BCUT2D eigenvalue weighted by molar-refractivity contribution is 4.87. The molecule has 2 N–H and O–H groups in total. The van der Waals surface area contributed by atoms with Gasteiger partial charge in [0.25, 0.3) is 0 Å². The van der Waals surface area contributed by atoms with Crippen molar-refractivity contribution < 1.29 is 18.3 Å². The Morgan fingerprint density at radius 1 is 1.31 bits per heavy atom. The molecule has 0 radical (unpaired) electrons. The molecule has 96 valence electrons. The van der Waals surface area contributed by atoms with Crippen LogP contribution in [0.1, 0.15) is 44.9 Å². The van der Waals surface area contributed by atoms with Gasteiger partial charge in [0.2, 0.25) is 0 Å². The van der Waals surface area contributed by atoms with Gasteiger partial charge in [-0.3, -0.25) is 0 Å². The van der Waals surface area contributed by atoms with Crippen LogP contribution in [0.3, 0.4) is 0 Å². The highest BCUT2D eigenvalue weighted by Gasteiger charge is 2.34. The van der Waals surface area contributed by atoms with Gasteiger partial charge in [0.15, 0.2) is 0 Å². The van der Waals surface area contributed by atoms with Crippen LogP contribution >= 0.6 is 0 Å². The summed E-state index contributed by atoms with van der Waals surface area (Å²) in [6, 6.07) is 0.405. The quantitative estimate of drug-likeness (QED) is 0.790. The molecule has 1 aliphatic rings. The van der Waals surface area contributed by atoms with Crippen molar-refractivity contribution in [1.82, 2.24) is 5.32 Å². The van der Waals surface area contributed by atoms with Gasteiger partial charge in [0, 0.05) is 12.5 Å². The molecule has 2 nitrogen and oxygen atoms in total. The molecule has 0 amide bonds. The number of rotatable bonds is 4. The van der Waals surface area contributed by atoms with Crippen LogP contribution < -0.4 is 5.32 Å². The Kier molecular flexibility index (Phi) is 4.62. The van der Waals surface area contributed by atoms with Crippen LogP contribution in [0, 0.1) is 0 Å². The van der Waals surface area contributed by atoms with Crippen LogP contribution in [-0.2, 0) is 0 Å². The number of aliphatic hydroxyl groups is 1. The predicted molar refractivity (Wildman–Crippen MR) is 56.2 cm³/mol. The third kappa shape index (κ3) is 4.70. The maximum absolute atomic E-state index is 12.0. The second kappa shape index (κ2) is 5.36. The van der Waals surface area contributed by atoms with Crippen molar-refractivity contribution >= 4 is 0 Å². The molecule has 0 saturated heterocycles. The molecule has 0 bridgehead atoms. The predicted octanol–water partition coefficient (Wildman–Crippen LogP) is 2.61. The minimum atomic E-state index is -4.10. The van der Waals surface area contributed by atoms with Crippen LogP contribution in [0.4, 0.5) is 13.2 Å². The molecule has 1 aliphatic carbocycles. The van der Waals surface area contributed by atoms with Crippen LogP contribution in [0.2, 0.25) is 0 Å². The van der Waals surface area contributed by atoms with Crippen LogP contribution in [0.5, 0.6) is 0 Å². The zero-order valence-electron chi connectivity index (χ0n) is 9.61. The van der Waals surface area contributed by atoms with E-state index in [0.717, 1.165) is 12.8 Å². The first-order chi connectivity index (χ1) is 7.35. The molecule has 0 spiro atoms. The second-order valence-corrected chi connectivity index (χ2v) is 4.76. The van der Waals surface area contributed by atoms with E-state index in [1.165, 1.54) is 0 Å². The average molecular weight is 239 g/mol. The fourth-order valence-electron chi connectivity index (χ4n) is 2.31. The summed E-state index contributed by atoms with van der Waals surface area (Å²) in [7, 11) is 1.87. The lowest BCUT2D eigenvalue weighted by molar-refractivity contribution is -0.138. The van der Waals surface area contributed by atoms with Crippen molar-refractivity contribution in [3.05, 3.63) is 0 Å². The van der Waals surface area contributed by atoms with E-state index in [-0.39, 0.29) is 12.8 Å². The van der Waals surface area contributed by atoms with Gasteiger partial charge < -0.3 is 10.4 Å². The van der Waals surface area contributed by atoms with Gasteiger partial charge in [-0.05, 0) is 45.6 Å². The van der Waals surface area contributed by atoms with E-state index in [4.69, 9.17) is 0 Å². The zero-order chi connectivity index (χ0) is 12.2. The maximum Gasteiger partial charge on any atom is 0.389 e. The molecule has 0 aromatic rings. The number of hydrogen-bond acceptors (Lipinski definition) is 2.